The molecule has 0 radical (unpaired) electrons. The first-order valence-corrected chi connectivity index (χ1v) is 10.2. The first-order chi connectivity index (χ1) is 13.7. The third-order valence-corrected chi connectivity index (χ3v) is 5.52. The lowest BCUT2D eigenvalue weighted by Gasteiger charge is -2.10. The fourth-order valence-corrected chi connectivity index (χ4v) is 4.04. The molecule has 0 aliphatic heterocycles. The van der Waals surface area contributed by atoms with Crippen LogP contribution in [0.4, 0.5) is 10.1 Å². The normalized spacial score (nSPS) is 11.9. The van der Waals surface area contributed by atoms with Gasteiger partial charge in [-0.2, -0.15) is 0 Å². The van der Waals surface area contributed by atoms with Crippen LogP contribution in [-0.4, -0.2) is 14.1 Å². The van der Waals surface area contributed by atoms with Crippen molar-refractivity contribution < 1.29 is 4.39 Å². The summed E-state index contributed by atoms with van der Waals surface area (Å²) in [5.74, 6) is -0.464. The monoisotopic (exact) mass is 412 g/mol. The molecule has 0 N–H and O–H groups in total. The van der Waals surface area contributed by atoms with Gasteiger partial charge in [-0.1, -0.05) is 41.9 Å². The largest absolute Gasteiger partial charge is 0.337 e. The molecule has 142 valence electrons. The molecule has 0 amide bonds. The van der Waals surface area contributed by atoms with Crippen molar-refractivity contribution in [2.75, 3.05) is 0 Å². The molecule has 28 heavy (non-hydrogen) atoms. The molecule has 0 saturated carbocycles. The van der Waals surface area contributed by atoms with Crippen molar-refractivity contribution in [2.45, 2.75) is 19.5 Å². The zero-order chi connectivity index (χ0) is 19.3. The summed E-state index contributed by atoms with van der Waals surface area (Å²) in [5.41, 5.74) is 2.78. The highest BCUT2D eigenvalue weighted by molar-refractivity contribution is 7.07. The zero-order valence-corrected chi connectivity index (χ0v) is 16.6. The van der Waals surface area contributed by atoms with Crippen molar-refractivity contribution >= 4 is 28.6 Å². The van der Waals surface area contributed by atoms with Gasteiger partial charge in [0, 0.05) is 36.9 Å². The Kier molecular flexibility index (Phi) is 5.69. The Bertz CT molecular complexity index is 1120. The molecule has 0 saturated heterocycles. The fourth-order valence-electron chi connectivity index (χ4n) is 2.97. The maximum Gasteiger partial charge on any atom is 0.190 e. The van der Waals surface area contributed by atoms with E-state index < -0.39 is 5.82 Å². The van der Waals surface area contributed by atoms with Crippen molar-refractivity contribution in [2.24, 2.45) is 4.99 Å². The van der Waals surface area contributed by atoms with E-state index in [1.54, 1.807) is 23.6 Å². The van der Waals surface area contributed by atoms with Crippen molar-refractivity contribution in [3.63, 3.8) is 0 Å². The Morgan fingerprint density at radius 2 is 1.96 bits per heavy atom. The van der Waals surface area contributed by atoms with E-state index in [-0.39, 0.29) is 5.02 Å². The summed E-state index contributed by atoms with van der Waals surface area (Å²) in [5, 5.41) is 2.20. The number of thiazole rings is 1. The highest BCUT2D eigenvalue weighted by Crippen LogP contribution is 2.23. The molecule has 2 aromatic carbocycles. The summed E-state index contributed by atoms with van der Waals surface area (Å²) < 4.78 is 18.0. The molecule has 7 heteroatoms. The number of halogens is 2. The van der Waals surface area contributed by atoms with E-state index in [2.05, 4.69) is 36.6 Å². The molecule has 2 aromatic heterocycles. The molecule has 0 spiro atoms. The standard InChI is InChI=1S/C21H18ClFN4S/c22-18-8-7-17(13-19(18)23)25-21-27(11-4-10-26-12-9-24-15-26)20(14-28-21)16-5-2-1-3-6-16/h1-3,5-9,12-15H,4,10-11H2. The second-order valence-electron chi connectivity index (χ2n) is 6.29. The molecule has 0 aliphatic rings. The molecular formula is C21H18ClFN4S. The van der Waals surface area contributed by atoms with E-state index in [1.807, 2.05) is 30.7 Å². The number of hydrogen-bond acceptors (Lipinski definition) is 3. The maximum atomic E-state index is 13.8. The number of aromatic nitrogens is 3. The van der Waals surface area contributed by atoms with E-state index in [0.29, 0.717) is 5.69 Å². The van der Waals surface area contributed by atoms with Gasteiger partial charge < -0.3 is 9.13 Å². The van der Waals surface area contributed by atoms with Crippen LogP contribution in [0.15, 0.2) is 77.6 Å². The van der Waals surface area contributed by atoms with Crippen molar-refractivity contribution in [1.82, 2.24) is 14.1 Å². The molecule has 0 aliphatic carbocycles. The smallest absolute Gasteiger partial charge is 0.190 e. The molecule has 0 atom stereocenters. The van der Waals surface area contributed by atoms with E-state index in [1.165, 1.54) is 12.1 Å². The Morgan fingerprint density at radius 3 is 2.71 bits per heavy atom. The third-order valence-electron chi connectivity index (χ3n) is 4.35. The van der Waals surface area contributed by atoms with Crippen LogP contribution >= 0.6 is 22.9 Å². The van der Waals surface area contributed by atoms with Crippen LogP contribution in [0.25, 0.3) is 11.3 Å². The lowest BCUT2D eigenvalue weighted by atomic mass is 10.2. The van der Waals surface area contributed by atoms with Gasteiger partial charge in [0.25, 0.3) is 0 Å². The number of benzene rings is 2. The number of imidazole rings is 1. The number of aryl methyl sites for hydroxylation is 1. The molecule has 0 fully saturated rings. The molecule has 4 aromatic rings. The average molecular weight is 413 g/mol. The molecular weight excluding hydrogens is 395 g/mol. The van der Waals surface area contributed by atoms with Gasteiger partial charge >= 0.3 is 0 Å². The van der Waals surface area contributed by atoms with Gasteiger partial charge in [0.05, 0.1) is 22.7 Å². The van der Waals surface area contributed by atoms with Crippen LogP contribution in [0.5, 0.6) is 0 Å². The van der Waals surface area contributed by atoms with Crippen LogP contribution in [-0.2, 0) is 13.1 Å². The molecule has 4 nitrogen and oxygen atoms in total. The lowest BCUT2D eigenvalue weighted by molar-refractivity contribution is 0.559. The fraction of sp³-hybridized carbons (Fsp3) is 0.143. The van der Waals surface area contributed by atoms with Crippen LogP contribution in [0.1, 0.15) is 6.42 Å². The van der Waals surface area contributed by atoms with Gasteiger partial charge in [-0.05, 0) is 24.1 Å². The number of rotatable bonds is 6. The van der Waals surface area contributed by atoms with Crippen LogP contribution in [0.3, 0.4) is 0 Å². The summed E-state index contributed by atoms with van der Waals surface area (Å²) in [6.45, 7) is 1.66. The van der Waals surface area contributed by atoms with Gasteiger partial charge in [-0.25, -0.2) is 14.4 Å². The van der Waals surface area contributed by atoms with E-state index in [4.69, 9.17) is 11.6 Å². The van der Waals surface area contributed by atoms with E-state index >= 15 is 0 Å². The Hall–Kier alpha value is -2.70. The van der Waals surface area contributed by atoms with Gasteiger partial charge in [0.2, 0.25) is 0 Å². The third kappa shape index (κ3) is 4.24. The SMILES string of the molecule is Fc1cc(N=c2scc(-c3ccccc3)n2CCCn2ccnc2)ccc1Cl. The first-order valence-electron chi connectivity index (χ1n) is 8.90. The molecule has 4 rings (SSSR count). The summed E-state index contributed by atoms with van der Waals surface area (Å²) in [6, 6.07) is 14.8. The maximum absolute atomic E-state index is 13.8. The minimum atomic E-state index is -0.464. The minimum Gasteiger partial charge on any atom is -0.337 e. The predicted octanol–water partition coefficient (Wildman–Crippen LogP) is 5.53. The Morgan fingerprint density at radius 1 is 1.11 bits per heavy atom. The van der Waals surface area contributed by atoms with E-state index in [0.717, 1.165) is 35.6 Å². The molecule has 2 heterocycles. The average Bonchev–Trinajstić information content (AvgIpc) is 3.36. The summed E-state index contributed by atoms with van der Waals surface area (Å²) in [7, 11) is 0. The minimum absolute atomic E-state index is 0.100. The van der Waals surface area contributed by atoms with Crippen molar-refractivity contribution in [3.05, 3.63) is 88.3 Å². The summed E-state index contributed by atoms with van der Waals surface area (Å²) in [6.07, 6.45) is 6.48. The van der Waals surface area contributed by atoms with E-state index in [9.17, 15) is 4.39 Å². The second kappa shape index (κ2) is 8.54. The van der Waals surface area contributed by atoms with Crippen LogP contribution < -0.4 is 4.80 Å². The molecule has 0 unspecified atom stereocenters. The van der Waals surface area contributed by atoms with Gasteiger partial charge in [-0.15, -0.1) is 11.3 Å². The van der Waals surface area contributed by atoms with Crippen LogP contribution in [0.2, 0.25) is 5.02 Å². The van der Waals surface area contributed by atoms with Crippen molar-refractivity contribution in [3.8, 4) is 11.3 Å². The second-order valence-corrected chi connectivity index (χ2v) is 7.53. The van der Waals surface area contributed by atoms with Gasteiger partial charge in [-0.3, -0.25) is 0 Å². The van der Waals surface area contributed by atoms with Crippen LogP contribution in [0, 0.1) is 5.82 Å². The number of hydrogen-bond donors (Lipinski definition) is 0. The highest BCUT2D eigenvalue weighted by Gasteiger charge is 2.09. The van der Waals surface area contributed by atoms with Crippen molar-refractivity contribution in [1.29, 1.82) is 0 Å². The molecule has 0 bridgehead atoms. The van der Waals surface area contributed by atoms with Gasteiger partial charge in [0.1, 0.15) is 5.82 Å². The quantitative estimate of drug-likeness (QED) is 0.410. The topological polar surface area (TPSA) is 35.1 Å². The predicted molar refractivity (Wildman–Crippen MR) is 111 cm³/mol. The Labute approximate surface area is 171 Å². The first kappa shape index (κ1) is 18.7. The highest BCUT2D eigenvalue weighted by atomic mass is 35.5. The Balaban J connectivity index is 1.69. The zero-order valence-electron chi connectivity index (χ0n) is 15.0. The number of nitrogens with zero attached hydrogens (tertiary/aromatic N) is 4. The van der Waals surface area contributed by atoms with Gasteiger partial charge in [0.15, 0.2) is 4.80 Å². The summed E-state index contributed by atoms with van der Waals surface area (Å²) >= 11 is 7.34. The lowest BCUT2D eigenvalue weighted by Crippen LogP contribution is -2.17. The summed E-state index contributed by atoms with van der Waals surface area (Å²) in [4.78, 5) is 9.58.